The average Bonchev–Trinajstić information content (AvgIpc) is 2.92. The number of methoxy groups -OCH3 is 1. The van der Waals surface area contributed by atoms with Gasteiger partial charge < -0.3 is 14.6 Å². The van der Waals surface area contributed by atoms with E-state index in [4.69, 9.17) is 9.47 Å². The predicted molar refractivity (Wildman–Crippen MR) is 140 cm³/mol. The number of alkyl halides is 3. The maximum atomic E-state index is 13.7. The summed E-state index contributed by atoms with van der Waals surface area (Å²) < 4.78 is 78.0. The molecule has 40 heavy (non-hydrogen) atoms. The number of benzene rings is 4. The number of rotatable bonds is 9. The largest absolute Gasteiger partial charge is 0.481 e. The second-order valence-electron chi connectivity index (χ2n) is 8.52. The molecule has 0 amide bonds. The number of hydrogen-bond acceptors (Lipinski definition) is 6. The number of carbonyl (C=O) groups is 2. The van der Waals surface area contributed by atoms with Crippen molar-refractivity contribution in [2.45, 2.75) is 17.5 Å². The first-order valence-electron chi connectivity index (χ1n) is 11.7. The topological polar surface area (TPSA) is 110 Å². The Kier molecular flexibility index (Phi) is 8.01. The van der Waals surface area contributed by atoms with Gasteiger partial charge in [-0.05, 0) is 42.5 Å². The van der Waals surface area contributed by atoms with Crippen LogP contribution in [0.2, 0.25) is 0 Å². The molecule has 0 aromatic heterocycles. The molecule has 1 N–H and O–H groups in total. The predicted octanol–water partition coefficient (Wildman–Crippen LogP) is 5.65. The Bertz CT molecular complexity index is 1670. The molecule has 4 rings (SSSR count). The zero-order valence-corrected chi connectivity index (χ0v) is 21.7. The summed E-state index contributed by atoms with van der Waals surface area (Å²) >= 11 is 0. The minimum atomic E-state index is -4.66. The molecule has 0 aliphatic heterocycles. The number of nitrogens with zero attached hydrogens (tertiary/aromatic N) is 1. The summed E-state index contributed by atoms with van der Waals surface area (Å²) in [5.41, 5.74) is -0.562. The molecule has 4 aromatic carbocycles. The van der Waals surface area contributed by atoms with Crippen LogP contribution in [0, 0.1) is 0 Å². The zero-order valence-electron chi connectivity index (χ0n) is 20.9. The van der Waals surface area contributed by atoms with E-state index in [1.54, 1.807) is 48.5 Å². The van der Waals surface area contributed by atoms with Gasteiger partial charge in [-0.15, -0.1) is 0 Å². The number of esters is 1. The van der Waals surface area contributed by atoms with Gasteiger partial charge >= 0.3 is 18.1 Å². The molecule has 0 aliphatic rings. The van der Waals surface area contributed by atoms with Crippen LogP contribution in [-0.4, -0.2) is 39.1 Å². The van der Waals surface area contributed by atoms with Gasteiger partial charge in [-0.1, -0.05) is 42.5 Å². The van der Waals surface area contributed by atoms with Crippen LogP contribution < -0.4 is 9.04 Å². The van der Waals surface area contributed by atoms with Crippen molar-refractivity contribution in [1.29, 1.82) is 0 Å². The highest BCUT2D eigenvalue weighted by atomic mass is 32.2. The van der Waals surface area contributed by atoms with Gasteiger partial charge in [-0.2, -0.15) is 13.2 Å². The highest BCUT2D eigenvalue weighted by Crippen LogP contribution is 2.39. The molecule has 0 spiro atoms. The lowest BCUT2D eigenvalue weighted by atomic mass is 10.1. The highest BCUT2D eigenvalue weighted by molar-refractivity contribution is 7.92. The van der Waals surface area contributed by atoms with Gasteiger partial charge in [0.25, 0.3) is 10.0 Å². The number of fused-ring (bicyclic) bond motifs is 1. The lowest BCUT2D eigenvalue weighted by Gasteiger charge is -2.25. The Labute approximate surface area is 227 Å². The minimum Gasteiger partial charge on any atom is -0.481 e. The third kappa shape index (κ3) is 6.01. The lowest BCUT2D eigenvalue weighted by molar-refractivity contribution is -0.139. The van der Waals surface area contributed by atoms with Crippen LogP contribution >= 0.6 is 0 Å². The number of carbonyl (C=O) groups excluding carboxylic acids is 1. The summed E-state index contributed by atoms with van der Waals surface area (Å²) in [7, 11) is -3.47. The van der Waals surface area contributed by atoms with Gasteiger partial charge in [-0.3, -0.25) is 13.9 Å². The Balaban J connectivity index is 1.83. The fraction of sp³-hybridized carbons (Fsp3) is 0.143. The molecule has 0 radical (unpaired) electrons. The first-order chi connectivity index (χ1) is 18.9. The molecule has 8 nitrogen and oxygen atoms in total. The van der Waals surface area contributed by atoms with E-state index in [1.165, 1.54) is 12.1 Å². The van der Waals surface area contributed by atoms with Gasteiger partial charge in [0.1, 0.15) is 18.0 Å². The van der Waals surface area contributed by atoms with Gasteiger partial charge in [0.05, 0.1) is 29.7 Å². The minimum absolute atomic E-state index is 0.0482. The fourth-order valence-electron chi connectivity index (χ4n) is 4.02. The van der Waals surface area contributed by atoms with Crippen LogP contribution in [0.1, 0.15) is 11.1 Å². The second kappa shape index (κ2) is 11.3. The molecular weight excluding hydrogens is 551 g/mol. The summed E-state index contributed by atoms with van der Waals surface area (Å²) in [6.07, 6.45) is -4.95. The van der Waals surface area contributed by atoms with E-state index < -0.39 is 45.1 Å². The molecule has 0 saturated carbocycles. The molecule has 208 valence electrons. The van der Waals surface area contributed by atoms with Gasteiger partial charge in [-0.25, -0.2) is 8.42 Å². The summed E-state index contributed by atoms with van der Waals surface area (Å²) in [6.45, 7) is -0.758. The van der Waals surface area contributed by atoms with E-state index in [2.05, 4.69) is 0 Å². The second-order valence-corrected chi connectivity index (χ2v) is 10.4. The molecule has 4 aromatic rings. The van der Waals surface area contributed by atoms with Crippen LogP contribution in [0.3, 0.4) is 0 Å². The average molecular weight is 574 g/mol. The molecule has 12 heteroatoms. The van der Waals surface area contributed by atoms with Gasteiger partial charge in [0.15, 0.2) is 0 Å². The normalized spacial score (nSPS) is 11.7. The van der Waals surface area contributed by atoms with E-state index in [9.17, 15) is 36.3 Å². The summed E-state index contributed by atoms with van der Waals surface area (Å²) in [4.78, 5) is 23.1. The summed E-state index contributed by atoms with van der Waals surface area (Å²) in [5.74, 6) is -1.39. The van der Waals surface area contributed by atoms with Crippen molar-refractivity contribution < 1.29 is 45.8 Å². The number of sulfonamides is 1. The van der Waals surface area contributed by atoms with Crippen molar-refractivity contribution in [2.24, 2.45) is 0 Å². The highest BCUT2D eigenvalue weighted by Gasteiger charge is 2.33. The van der Waals surface area contributed by atoms with Crippen LogP contribution in [0.25, 0.3) is 10.8 Å². The number of aliphatic carboxylic acids is 1. The number of anilines is 1. The van der Waals surface area contributed by atoms with Crippen molar-refractivity contribution in [3.05, 3.63) is 96.1 Å². The van der Waals surface area contributed by atoms with Crippen molar-refractivity contribution >= 4 is 38.4 Å². The third-order valence-corrected chi connectivity index (χ3v) is 7.71. The quantitative estimate of drug-likeness (QED) is 0.258. The first kappa shape index (κ1) is 28.4. The molecule has 0 aliphatic carbocycles. The van der Waals surface area contributed by atoms with Crippen molar-refractivity contribution in [1.82, 2.24) is 0 Å². The van der Waals surface area contributed by atoms with E-state index >= 15 is 0 Å². The van der Waals surface area contributed by atoms with E-state index in [0.717, 1.165) is 23.5 Å². The maximum absolute atomic E-state index is 13.7. The van der Waals surface area contributed by atoms with Crippen molar-refractivity contribution in [2.75, 3.05) is 18.0 Å². The van der Waals surface area contributed by atoms with Gasteiger partial charge in [0, 0.05) is 16.3 Å². The third-order valence-electron chi connectivity index (χ3n) is 5.93. The fourth-order valence-corrected chi connectivity index (χ4v) is 5.45. The number of para-hydroxylation sites is 1. The first-order valence-corrected chi connectivity index (χ1v) is 13.1. The summed E-state index contributed by atoms with van der Waals surface area (Å²) in [5, 5.41) is 10.0. The van der Waals surface area contributed by atoms with E-state index in [0.29, 0.717) is 28.5 Å². The van der Waals surface area contributed by atoms with Crippen molar-refractivity contribution in [3.63, 3.8) is 0 Å². The number of carboxylic acid groups (broad SMARTS) is 1. The lowest BCUT2D eigenvalue weighted by Crippen LogP contribution is -2.36. The Hall–Kier alpha value is -4.58. The van der Waals surface area contributed by atoms with Crippen LogP contribution in [0.4, 0.5) is 18.9 Å². The number of carboxylic acids is 1. The van der Waals surface area contributed by atoms with Crippen LogP contribution in [0.15, 0.2) is 89.8 Å². The molecule has 0 unspecified atom stereocenters. The number of ether oxygens (including phenoxy) is 2. The standard InChI is InChI=1S/C28H22F3NO7S/c1-38-27(35)17-32(40(36,37)20-12-10-19(11-13-20)28(29,30)31)23-14-15-25(22-8-4-3-7-21(22)23)39-24-9-5-2-6-18(24)16-26(33)34/h2-15H,16-17H2,1H3,(H,33,34). The van der Waals surface area contributed by atoms with E-state index in [1.807, 2.05) is 0 Å². The number of hydrogen-bond donors (Lipinski definition) is 1. The van der Waals surface area contributed by atoms with Crippen LogP contribution in [-0.2, 0) is 36.9 Å². The summed E-state index contributed by atoms with van der Waals surface area (Å²) in [6, 6.07) is 18.9. The molecule has 0 bridgehead atoms. The maximum Gasteiger partial charge on any atom is 0.416 e. The number of halogens is 3. The smallest absolute Gasteiger partial charge is 0.416 e. The molecule has 0 heterocycles. The van der Waals surface area contributed by atoms with Crippen LogP contribution in [0.5, 0.6) is 11.5 Å². The molecule has 0 saturated heterocycles. The monoisotopic (exact) mass is 573 g/mol. The molecule has 0 atom stereocenters. The SMILES string of the molecule is COC(=O)CN(c1ccc(Oc2ccccc2CC(=O)O)c2ccccc12)S(=O)(=O)c1ccc(C(F)(F)F)cc1. The van der Waals surface area contributed by atoms with E-state index in [-0.39, 0.29) is 23.6 Å². The zero-order chi connectivity index (χ0) is 29.1. The Morgan fingerprint density at radius 3 is 2.10 bits per heavy atom. The molecular formula is C28H22F3NO7S. The Morgan fingerprint density at radius 2 is 1.48 bits per heavy atom. The van der Waals surface area contributed by atoms with Crippen molar-refractivity contribution in [3.8, 4) is 11.5 Å². The van der Waals surface area contributed by atoms with Gasteiger partial charge in [0.2, 0.25) is 0 Å². The Morgan fingerprint density at radius 1 is 0.850 bits per heavy atom. The molecule has 0 fully saturated rings.